The molecule has 0 bridgehead atoms. The maximum Gasteiger partial charge on any atom is 0.220 e. The highest BCUT2D eigenvalue weighted by atomic mass is 16.5. The summed E-state index contributed by atoms with van der Waals surface area (Å²) in [6.07, 6.45) is 6.10. The van der Waals surface area contributed by atoms with Crippen LogP contribution in [0.4, 0.5) is 0 Å². The average molecular weight is 271 g/mol. The Hall–Kier alpha value is -0.650. The molecule has 19 heavy (non-hydrogen) atoms. The molecule has 2 aliphatic heterocycles. The number of amides is 1. The fraction of sp³-hybridized carbons (Fsp3) is 0.929. The molecule has 2 N–H and O–H groups in total. The van der Waals surface area contributed by atoms with Gasteiger partial charge in [0.05, 0.1) is 11.7 Å². The number of nitrogens with one attached hydrogen (secondary N) is 1. The average Bonchev–Trinajstić information content (AvgIpc) is 2.45. The lowest BCUT2D eigenvalue weighted by Gasteiger charge is -2.32. The summed E-state index contributed by atoms with van der Waals surface area (Å²) >= 11 is 0. The van der Waals surface area contributed by atoms with Gasteiger partial charge in [-0.15, -0.1) is 0 Å². The molecule has 1 unspecified atom stereocenters. The molecule has 2 saturated heterocycles. The van der Waals surface area contributed by atoms with Crippen molar-refractivity contribution in [1.82, 2.24) is 5.32 Å². The van der Waals surface area contributed by atoms with Crippen LogP contribution in [0.15, 0.2) is 0 Å². The Balaban J connectivity index is 1.61. The van der Waals surface area contributed by atoms with Crippen molar-refractivity contribution in [3.63, 3.8) is 0 Å². The Labute approximate surface area is 114 Å². The molecule has 5 heteroatoms. The SMILES string of the molecule is O=C(CCC1CCCCO1)NCC1(O)CCOCC1. The van der Waals surface area contributed by atoms with Crippen LogP contribution in [0.2, 0.25) is 0 Å². The van der Waals surface area contributed by atoms with Gasteiger partial charge in [-0.3, -0.25) is 4.79 Å². The minimum Gasteiger partial charge on any atom is -0.388 e. The van der Waals surface area contributed by atoms with Crippen molar-refractivity contribution in [2.24, 2.45) is 0 Å². The molecule has 5 nitrogen and oxygen atoms in total. The molecule has 0 spiro atoms. The molecule has 110 valence electrons. The normalized spacial score (nSPS) is 26.9. The van der Waals surface area contributed by atoms with Gasteiger partial charge >= 0.3 is 0 Å². The van der Waals surface area contributed by atoms with Crippen molar-refractivity contribution in [1.29, 1.82) is 0 Å². The summed E-state index contributed by atoms with van der Waals surface area (Å²) in [6, 6.07) is 0. The largest absolute Gasteiger partial charge is 0.388 e. The highest BCUT2D eigenvalue weighted by molar-refractivity contribution is 5.75. The zero-order valence-electron chi connectivity index (χ0n) is 11.5. The van der Waals surface area contributed by atoms with Crippen molar-refractivity contribution in [3.05, 3.63) is 0 Å². The molecule has 0 aromatic heterocycles. The second-order valence-corrected chi connectivity index (χ2v) is 5.64. The summed E-state index contributed by atoms with van der Waals surface area (Å²) in [5, 5.41) is 13.1. The van der Waals surface area contributed by atoms with Crippen molar-refractivity contribution >= 4 is 5.91 Å². The molecule has 2 aliphatic rings. The molecular weight excluding hydrogens is 246 g/mol. The van der Waals surface area contributed by atoms with E-state index in [1.807, 2.05) is 0 Å². The minimum absolute atomic E-state index is 0.00842. The molecule has 2 fully saturated rings. The first kappa shape index (κ1) is 14.8. The van der Waals surface area contributed by atoms with Gasteiger partial charge in [0.25, 0.3) is 0 Å². The zero-order valence-corrected chi connectivity index (χ0v) is 11.5. The van der Waals surface area contributed by atoms with E-state index in [1.54, 1.807) is 0 Å². The molecule has 0 radical (unpaired) electrons. The summed E-state index contributed by atoms with van der Waals surface area (Å²) in [7, 11) is 0. The summed E-state index contributed by atoms with van der Waals surface area (Å²) in [6.45, 7) is 2.30. The van der Waals surface area contributed by atoms with E-state index < -0.39 is 5.60 Å². The number of ether oxygens (including phenoxy) is 2. The lowest BCUT2D eigenvalue weighted by Crippen LogP contribution is -2.46. The molecule has 0 aromatic rings. The van der Waals surface area contributed by atoms with E-state index in [-0.39, 0.29) is 12.0 Å². The van der Waals surface area contributed by atoms with Crippen LogP contribution in [0, 0.1) is 0 Å². The van der Waals surface area contributed by atoms with E-state index >= 15 is 0 Å². The Bertz CT molecular complexity index is 283. The van der Waals surface area contributed by atoms with Gasteiger partial charge in [0.15, 0.2) is 0 Å². The van der Waals surface area contributed by atoms with Gasteiger partial charge in [0, 0.05) is 45.6 Å². The fourth-order valence-electron chi connectivity index (χ4n) is 2.61. The standard InChI is InChI=1S/C14H25NO4/c16-13(5-4-12-3-1-2-8-19-12)15-11-14(17)6-9-18-10-7-14/h12,17H,1-11H2,(H,15,16). The van der Waals surface area contributed by atoms with Crippen LogP contribution in [-0.4, -0.2) is 49.1 Å². The first-order valence-electron chi connectivity index (χ1n) is 7.36. The number of aliphatic hydroxyl groups is 1. The number of hydrogen-bond acceptors (Lipinski definition) is 4. The maximum absolute atomic E-state index is 11.8. The second-order valence-electron chi connectivity index (χ2n) is 5.64. The lowest BCUT2D eigenvalue weighted by atomic mass is 9.94. The molecule has 0 aliphatic carbocycles. The fourth-order valence-corrected chi connectivity index (χ4v) is 2.61. The van der Waals surface area contributed by atoms with Gasteiger partial charge in [-0.2, -0.15) is 0 Å². The molecular formula is C14H25NO4. The quantitative estimate of drug-likeness (QED) is 0.782. The molecule has 0 saturated carbocycles. The van der Waals surface area contributed by atoms with Crippen molar-refractivity contribution in [2.45, 2.75) is 56.7 Å². The van der Waals surface area contributed by atoms with Crippen LogP contribution in [0.5, 0.6) is 0 Å². The molecule has 1 amide bonds. The third kappa shape index (κ3) is 5.09. The predicted molar refractivity (Wildman–Crippen MR) is 70.8 cm³/mol. The third-order valence-electron chi connectivity index (χ3n) is 4.01. The van der Waals surface area contributed by atoms with Gasteiger partial charge in [-0.25, -0.2) is 0 Å². The van der Waals surface area contributed by atoms with Crippen LogP contribution < -0.4 is 5.32 Å². The Morgan fingerprint density at radius 1 is 1.26 bits per heavy atom. The van der Waals surface area contributed by atoms with Gasteiger partial charge in [-0.05, 0) is 25.7 Å². The number of carbonyl (C=O) groups excluding carboxylic acids is 1. The van der Waals surface area contributed by atoms with Gasteiger partial charge < -0.3 is 19.9 Å². The minimum atomic E-state index is -0.782. The van der Waals surface area contributed by atoms with Crippen LogP contribution in [0.3, 0.4) is 0 Å². The monoisotopic (exact) mass is 271 g/mol. The van der Waals surface area contributed by atoms with Crippen molar-refractivity contribution in [2.75, 3.05) is 26.4 Å². The summed E-state index contributed by atoms with van der Waals surface area (Å²) in [5.41, 5.74) is -0.782. The molecule has 2 rings (SSSR count). The van der Waals surface area contributed by atoms with Gasteiger partial charge in [-0.1, -0.05) is 0 Å². The third-order valence-corrected chi connectivity index (χ3v) is 4.01. The first-order valence-corrected chi connectivity index (χ1v) is 7.36. The Morgan fingerprint density at radius 3 is 2.74 bits per heavy atom. The Morgan fingerprint density at radius 2 is 2.05 bits per heavy atom. The highest BCUT2D eigenvalue weighted by Crippen LogP contribution is 2.20. The summed E-state index contributed by atoms with van der Waals surface area (Å²) < 4.78 is 10.8. The van der Waals surface area contributed by atoms with Crippen molar-refractivity contribution in [3.8, 4) is 0 Å². The van der Waals surface area contributed by atoms with E-state index in [1.165, 1.54) is 6.42 Å². The predicted octanol–water partition coefficient (Wildman–Crippen LogP) is 0.993. The van der Waals surface area contributed by atoms with Crippen LogP contribution >= 0.6 is 0 Å². The van der Waals surface area contributed by atoms with Crippen LogP contribution in [0.1, 0.15) is 44.9 Å². The molecule has 0 aromatic carbocycles. The zero-order chi connectivity index (χ0) is 13.6. The molecule has 2 heterocycles. The number of carbonyl (C=O) groups is 1. The van der Waals surface area contributed by atoms with E-state index in [9.17, 15) is 9.90 Å². The van der Waals surface area contributed by atoms with Crippen molar-refractivity contribution < 1.29 is 19.4 Å². The molecule has 1 atom stereocenters. The highest BCUT2D eigenvalue weighted by Gasteiger charge is 2.30. The van der Waals surface area contributed by atoms with Crippen LogP contribution in [0.25, 0.3) is 0 Å². The summed E-state index contributed by atoms with van der Waals surface area (Å²) in [5.74, 6) is 0.00842. The first-order chi connectivity index (χ1) is 9.18. The topological polar surface area (TPSA) is 67.8 Å². The van der Waals surface area contributed by atoms with E-state index in [0.29, 0.717) is 39.0 Å². The number of rotatable bonds is 5. The number of hydrogen-bond donors (Lipinski definition) is 2. The Kier molecular flexibility index (Phi) is 5.60. The van der Waals surface area contributed by atoms with E-state index in [2.05, 4.69) is 5.32 Å². The summed E-state index contributed by atoms with van der Waals surface area (Å²) in [4.78, 5) is 11.8. The van der Waals surface area contributed by atoms with Gasteiger partial charge in [0.1, 0.15) is 0 Å². The maximum atomic E-state index is 11.8. The lowest BCUT2D eigenvalue weighted by molar-refractivity contribution is -0.124. The van der Waals surface area contributed by atoms with Crippen LogP contribution in [-0.2, 0) is 14.3 Å². The van der Waals surface area contributed by atoms with E-state index in [0.717, 1.165) is 25.9 Å². The smallest absolute Gasteiger partial charge is 0.220 e. The second kappa shape index (κ2) is 7.22. The van der Waals surface area contributed by atoms with Gasteiger partial charge in [0.2, 0.25) is 5.91 Å². The van der Waals surface area contributed by atoms with E-state index in [4.69, 9.17) is 9.47 Å².